The highest BCUT2D eigenvalue weighted by molar-refractivity contribution is 5.24. The molecule has 0 aliphatic rings. The Morgan fingerprint density at radius 2 is 2.24 bits per heavy atom. The predicted octanol–water partition coefficient (Wildman–Crippen LogP) is 2.28. The van der Waals surface area contributed by atoms with Crippen LogP contribution in [0.25, 0.3) is 0 Å². The Morgan fingerprint density at radius 1 is 1.35 bits per heavy atom. The van der Waals surface area contributed by atoms with Gasteiger partial charge in [-0.25, -0.2) is 4.98 Å². The molecule has 2 aromatic rings. The summed E-state index contributed by atoms with van der Waals surface area (Å²) in [5.74, 6) is 1.42. The lowest BCUT2D eigenvalue weighted by molar-refractivity contribution is 0.260. The highest BCUT2D eigenvalue weighted by Crippen LogP contribution is 2.14. The van der Waals surface area contributed by atoms with Crippen molar-refractivity contribution >= 4 is 0 Å². The quantitative estimate of drug-likeness (QED) is 0.859. The molecule has 2 rings (SSSR count). The van der Waals surface area contributed by atoms with Crippen LogP contribution in [0.4, 0.5) is 0 Å². The molecule has 0 atom stereocenters. The van der Waals surface area contributed by atoms with Gasteiger partial charge in [0.2, 0.25) is 5.88 Å². The second kappa shape index (κ2) is 5.50. The Bertz CT molecular complexity index is 466. The van der Waals surface area contributed by atoms with Gasteiger partial charge >= 0.3 is 0 Å². The van der Waals surface area contributed by atoms with Crippen LogP contribution in [0, 0.1) is 6.92 Å². The molecule has 0 fully saturated rings. The third kappa shape index (κ3) is 3.07. The third-order valence-corrected chi connectivity index (χ3v) is 2.48. The number of ether oxygens (including phenoxy) is 1. The van der Waals surface area contributed by atoms with Gasteiger partial charge in [0.05, 0.1) is 6.26 Å². The summed E-state index contributed by atoms with van der Waals surface area (Å²) in [6, 6.07) is 7.62. The lowest BCUT2D eigenvalue weighted by Crippen LogP contribution is -2.08. The fourth-order valence-electron chi connectivity index (χ4n) is 1.56. The van der Waals surface area contributed by atoms with Crippen molar-refractivity contribution in [2.45, 2.75) is 20.1 Å². The molecule has 0 saturated carbocycles. The van der Waals surface area contributed by atoms with Crippen LogP contribution >= 0.6 is 0 Å². The average Bonchev–Trinajstić information content (AvgIpc) is 2.83. The molecular formula is C13H16N2O2. The van der Waals surface area contributed by atoms with E-state index < -0.39 is 0 Å². The normalized spacial score (nSPS) is 10.5. The standard InChI is InChI=1S/C13H16N2O2/c1-10-11(8-14-2)5-6-13(15-10)17-9-12-4-3-7-16-12/h3-7,14H,8-9H2,1-2H3. The van der Waals surface area contributed by atoms with Gasteiger partial charge < -0.3 is 14.5 Å². The number of aromatic nitrogens is 1. The van der Waals surface area contributed by atoms with Gasteiger partial charge in [0, 0.05) is 18.3 Å². The number of hydrogen-bond donors (Lipinski definition) is 1. The van der Waals surface area contributed by atoms with Crippen LogP contribution in [0.3, 0.4) is 0 Å². The van der Waals surface area contributed by atoms with E-state index in [1.54, 1.807) is 6.26 Å². The molecule has 4 nitrogen and oxygen atoms in total. The first kappa shape index (κ1) is 11.7. The van der Waals surface area contributed by atoms with Gasteiger partial charge in [-0.3, -0.25) is 0 Å². The molecule has 1 N–H and O–H groups in total. The predicted molar refractivity (Wildman–Crippen MR) is 64.8 cm³/mol. The van der Waals surface area contributed by atoms with Gasteiger partial charge in [-0.1, -0.05) is 6.07 Å². The molecule has 0 spiro atoms. The summed E-state index contributed by atoms with van der Waals surface area (Å²) in [6.07, 6.45) is 1.63. The molecule has 0 amide bonds. The maximum atomic E-state index is 5.54. The number of nitrogens with zero attached hydrogens (tertiary/aromatic N) is 1. The fraction of sp³-hybridized carbons (Fsp3) is 0.308. The number of nitrogens with one attached hydrogen (secondary N) is 1. The van der Waals surface area contributed by atoms with Gasteiger partial charge in [-0.2, -0.15) is 0 Å². The van der Waals surface area contributed by atoms with E-state index in [1.807, 2.05) is 38.2 Å². The lowest BCUT2D eigenvalue weighted by atomic mass is 10.2. The maximum Gasteiger partial charge on any atom is 0.213 e. The van der Waals surface area contributed by atoms with Crippen molar-refractivity contribution in [2.24, 2.45) is 0 Å². The van der Waals surface area contributed by atoms with Crippen molar-refractivity contribution in [3.63, 3.8) is 0 Å². The number of hydrogen-bond acceptors (Lipinski definition) is 4. The van der Waals surface area contributed by atoms with Crippen molar-refractivity contribution in [2.75, 3.05) is 7.05 Å². The Hall–Kier alpha value is -1.81. The molecule has 0 bridgehead atoms. The Labute approximate surface area is 101 Å². The van der Waals surface area contributed by atoms with E-state index in [4.69, 9.17) is 9.15 Å². The van der Waals surface area contributed by atoms with Crippen LogP contribution in [-0.4, -0.2) is 12.0 Å². The SMILES string of the molecule is CNCc1ccc(OCc2ccco2)nc1C. The first-order valence-corrected chi connectivity index (χ1v) is 5.56. The zero-order valence-electron chi connectivity index (χ0n) is 10.1. The van der Waals surface area contributed by atoms with Crippen molar-refractivity contribution < 1.29 is 9.15 Å². The minimum Gasteiger partial charge on any atom is -0.469 e. The fourth-order valence-corrected chi connectivity index (χ4v) is 1.56. The molecule has 90 valence electrons. The van der Waals surface area contributed by atoms with E-state index in [2.05, 4.69) is 10.3 Å². The number of rotatable bonds is 5. The Kier molecular flexibility index (Phi) is 3.77. The van der Waals surface area contributed by atoms with Gasteiger partial charge in [0.15, 0.2) is 0 Å². The summed E-state index contributed by atoms with van der Waals surface area (Å²) >= 11 is 0. The van der Waals surface area contributed by atoms with Crippen LogP contribution in [0.15, 0.2) is 34.9 Å². The minimum atomic E-state index is 0.408. The van der Waals surface area contributed by atoms with E-state index in [0.717, 1.165) is 18.0 Å². The van der Waals surface area contributed by atoms with Gasteiger partial charge in [0.25, 0.3) is 0 Å². The van der Waals surface area contributed by atoms with Crippen molar-refractivity contribution in [3.8, 4) is 5.88 Å². The van der Waals surface area contributed by atoms with E-state index >= 15 is 0 Å². The minimum absolute atomic E-state index is 0.408. The van der Waals surface area contributed by atoms with Crippen LogP contribution in [0.5, 0.6) is 5.88 Å². The summed E-state index contributed by atoms with van der Waals surface area (Å²) < 4.78 is 10.7. The lowest BCUT2D eigenvalue weighted by Gasteiger charge is -2.07. The van der Waals surface area contributed by atoms with E-state index in [1.165, 1.54) is 5.56 Å². The molecule has 0 unspecified atom stereocenters. The van der Waals surface area contributed by atoms with E-state index in [9.17, 15) is 0 Å². The highest BCUT2D eigenvalue weighted by Gasteiger charge is 2.03. The van der Waals surface area contributed by atoms with Crippen molar-refractivity contribution in [1.29, 1.82) is 0 Å². The van der Waals surface area contributed by atoms with Crippen molar-refractivity contribution in [3.05, 3.63) is 47.5 Å². The zero-order valence-corrected chi connectivity index (χ0v) is 10.1. The summed E-state index contributed by atoms with van der Waals surface area (Å²) in [6.45, 7) is 3.20. The highest BCUT2D eigenvalue weighted by atomic mass is 16.5. The zero-order chi connectivity index (χ0) is 12.1. The van der Waals surface area contributed by atoms with Gasteiger partial charge in [-0.05, 0) is 31.7 Å². The molecule has 0 aromatic carbocycles. The molecule has 0 aliphatic heterocycles. The van der Waals surface area contributed by atoms with E-state index in [0.29, 0.717) is 12.5 Å². The third-order valence-electron chi connectivity index (χ3n) is 2.48. The van der Waals surface area contributed by atoms with Crippen LogP contribution in [0.2, 0.25) is 0 Å². The molecular weight excluding hydrogens is 216 g/mol. The summed E-state index contributed by atoms with van der Waals surface area (Å²) in [5.41, 5.74) is 2.16. The second-order valence-electron chi connectivity index (χ2n) is 3.79. The molecule has 17 heavy (non-hydrogen) atoms. The van der Waals surface area contributed by atoms with Crippen molar-refractivity contribution in [1.82, 2.24) is 10.3 Å². The molecule has 0 saturated heterocycles. The summed E-state index contributed by atoms with van der Waals surface area (Å²) in [5, 5.41) is 3.10. The second-order valence-corrected chi connectivity index (χ2v) is 3.79. The summed E-state index contributed by atoms with van der Waals surface area (Å²) in [4.78, 5) is 4.39. The maximum absolute atomic E-state index is 5.54. The molecule has 0 aliphatic carbocycles. The first-order chi connectivity index (χ1) is 8.29. The van der Waals surface area contributed by atoms with E-state index in [-0.39, 0.29) is 0 Å². The molecule has 2 heterocycles. The van der Waals surface area contributed by atoms with Gasteiger partial charge in [0.1, 0.15) is 12.4 Å². The topological polar surface area (TPSA) is 47.3 Å². The average molecular weight is 232 g/mol. The smallest absolute Gasteiger partial charge is 0.213 e. The Balaban J connectivity index is 2.00. The van der Waals surface area contributed by atoms with Gasteiger partial charge in [-0.15, -0.1) is 0 Å². The monoisotopic (exact) mass is 232 g/mol. The Morgan fingerprint density at radius 3 is 2.88 bits per heavy atom. The number of furan rings is 1. The van der Waals surface area contributed by atoms with Crippen LogP contribution in [0.1, 0.15) is 17.0 Å². The molecule has 2 aromatic heterocycles. The molecule has 4 heteroatoms. The molecule has 0 radical (unpaired) electrons. The largest absolute Gasteiger partial charge is 0.469 e. The van der Waals surface area contributed by atoms with Crippen LogP contribution < -0.4 is 10.1 Å². The number of aryl methyl sites for hydroxylation is 1. The number of pyridine rings is 1. The van der Waals surface area contributed by atoms with Crippen LogP contribution in [-0.2, 0) is 13.2 Å². The summed E-state index contributed by atoms with van der Waals surface area (Å²) in [7, 11) is 1.92. The first-order valence-electron chi connectivity index (χ1n) is 5.56.